The Kier molecular flexibility index (Phi) is 9.22. The van der Waals surface area contributed by atoms with Crippen LogP contribution in [0.2, 0.25) is 0 Å². The number of benzene rings is 2. The lowest BCUT2D eigenvalue weighted by molar-refractivity contribution is 0.0649. The Morgan fingerprint density at radius 2 is 1.64 bits per heavy atom. The lowest BCUT2D eigenvalue weighted by Gasteiger charge is -2.36. The number of halogens is 2. The molecule has 2 aliphatic rings. The number of ether oxygens (including phenoxy) is 1. The van der Waals surface area contributed by atoms with Gasteiger partial charge >= 0.3 is 0 Å². The highest BCUT2D eigenvalue weighted by Crippen LogP contribution is 2.24. The molecule has 2 amide bonds. The number of amides is 2. The molecule has 0 radical (unpaired) electrons. The number of likely N-dealkylation sites (tertiary alicyclic amines) is 2. The Hall–Kier alpha value is -4.18. The van der Waals surface area contributed by atoms with Crippen molar-refractivity contribution in [3.8, 4) is 5.75 Å². The molecular weight excluding hydrogens is 542 g/mol. The minimum atomic E-state index is -1.05. The number of piperidine rings is 2. The topological polar surface area (TPSA) is 91.8 Å². The number of ketones is 1. The molecule has 3 aromatic rings. The van der Waals surface area contributed by atoms with Crippen LogP contribution < -0.4 is 10.1 Å². The third-order valence-electron chi connectivity index (χ3n) is 8.06. The summed E-state index contributed by atoms with van der Waals surface area (Å²) in [6, 6.07) is 14.2. The molecule has 1 aromatic heterocycles. The van der Waals surface area contributed by atoms with Gasteiger partial charge in [-0.3, -0.25) is 24.3 Å². The maximum atomic E-state index is 13.6. The van der Waals surface area contributed by atoms with Gasteiger partial charge in [0.05, 0.1) is 18.8 Å². The highest BCUT2D eigenvalue weighted by molar-refractivity contribution is 5.99. The van der Waals surface area contributed by atoms with Crippen LogP contribution in [0.3, 0.4) is 0 Å². The average Bonchev–Trinajstić information content (AvgIpc) is 3.03. The van der Waals surface area contributed by atoms with E-state index in [1.165, 1.54) is 12.3 Å². The monoisotopic (exact) mass is 576 g/mol. The molecule has 1 N–H and O–H groups in total. The molecule has 2 fully saturated rings. The van der Waals surface area contributed by atoms with E-state index in [1.54, 1.807) is 24.1 Å². The van der Waals surface area contributed by atoms with Crippen LogP contribution in [0.1, 0.15) is 68.9 Å². The lowest BCUT2D eigenvalue weighted by Crippen LogP contribution is -2.50. The smallest absolute Gasteiger partial charge is 0.271 e. The highest BCUT2D eigenvalue weighted by Gasteiger charge is 2.29. The van der Waals surface area contributed by atoms with Crippen LogP contribution in [-0.4, -0.2) is 65.3 Å². The first-order chi connectivity index (χ1) is 20.3. The molecule has 2 saturated heterocycles. The van der Waals surface area contributed by atoms with E-state index in [2.05, 4.69) is 15.2 Å². The number of Topliss-reactive ketones (excluding diaryl/α,β-unsaturated/α-hetero) is 1. The second kappa shape index (κ2) is 13.2. The van der Waals surface area contributed by atoms with E-state index >= 15 is 0 Å². The largest absolute Gasteiger partial charge is 0.497 e. The summed E-state index contributed by atoms with van der Waals surface area (Å²) in [5.41, 5.74) is 1.86. The quantitative estimate of drug-likeness (QED) is 0.386. The van der Waals surface area contributed by atoms with Crippen LogP contribution in [-0.2, 0) is 6.54 Å². The van der Waals surface area contributed by atoms with Crippen LogP contribution in [0.5, 0.6) is 5.75 Å². The van der Waals surface area contributed by atoms with Crippen molar-refractivity contribution in [1.82, 2.24) is 20.1 Å². The number of rotatable bonds is 8. The van der Waals surface area contributed by atoms with E-state index in [0.717, 1.165) is 49.3 Å². The summed E-state index contributed by atoms with van der Waals surface area (Å²) in [6.07, 6.45) is 5.06. The number of pyridine rings is 1. The second-order valence-electron chi connectivity index (χ2n) is 10.8. The zero-order valence-corrected chi connectivity index (χ0v) is 23.5. The summed E-state index contributed by atoms with van der Waals surface area (Å²) < 4.78 is 32.0. The molecule has 1 unspecified atom stereocenters. The number of carbonyl (C=O) groups excluding carboxylic acids is 3. The van der Waals surface area contributed by atoms with E-state index in [9.17, 15) is 23.2 Å². The summed E-state index contributed by atoms with van der Waals surface area (Å²) in [7, 11) is 1.64. The van der Waals surface area contributed by atoms with Crippen molar-refractivity contribution >= 4 is 17.6 Å². The first-order valence-electron chi connectivity index (χ1n) is 14.2. The lowest BCUT2D eigenvalue weighted by atomic mass is 9.88. The van der Waals surface area contributed by atoms with Gasteiger partial charge < -0.3 is 15.0 Å². The van der Waals surface area contributed by atoms with Crippen LogP contribution in [0.15, 0.2) is 60.8 Å². The SMILES string of the molecule is COc1ccc(CN2CCCCC2NC(=O)c2ccc(C(=O)N3CCC(C(=O)c4ccc(F)c(F)c4)CC3)cn2)cc1. The Morgan fingerprint density at radius 1 is 0.905 bits per heavy atom. The summed E-state index contributed by atoms with van der Waals surface area (Å²) in [5.74, 6) is -2.39. The van der Waals surface area contributed by atoms with Gasteiger partial charge in [-0.25, -0.2) is 8.78 Å². The number of carbonyl (C=O) groups is 3. The number of hydrogen-bond donors (Lipinski definition) is 1. The second-order valence-corrected chi connectivity index (χ2v) is 10.8. The van der Waals surface area contributed by atoms with Gasteiger partial charge in [0.2, 0.25) is 0 Å². The van der Waals surface area contributed by atoms with Crippen molar-refractivity contribution in [3.05, 3.63) is 94.8 Å². The fourth-order valence-electron chi connectivity index (χ4n) is 5.60. The molecule has 5 rings (SSSR count). The van der Waals surface area contributed by atoms with E-state index in [4.69, 9.17) is 4.74 Å². The number of nitrogens with zero attached hydrogens (tertiary/aromatic N) is 3. The van der Waals surface area contributed by atoms with Crippen LogP contribution in [0.4, 0.5) is 8.78 Å². The van der Waals surface area contributed by atoms with Gasteiger partial charge in [-0.05, 0) is 80.1 Å². The van der Waals surface area contributed by atoms with E-state index in [-0.39, 0.29) is 40.9 Å². The van der Waals surface area contributed by atoms with Crippen molar-refractivity contribution in [1.29, 1.82) is 0 Å². The van der Waals surface area contributed by atoms with Gasteiger partial charge in [0.15, 0.2) is 17.4 Å². The maximum absolute atomic E-state index is 13.6. The molecule has 2 aromatic carbocycles. The summed E-state index contributed by atoms with van der Waals surface area (Å²) in [5, 5.41) is 3.10. The molecule has 0 saturated carbocycles. The van der Waals surface area contributed by atoms with Gasteiger partial charge in [-0.15, -0.1) is 0 Å². The predicted octanol–water partition coefficient (Wildman–Crippen LogP) is 4.85. The molecule has 42 heavy (non-hydrogen) atoms. The Labute approximate surface area is 243 Å². The van der Waals surface area contributed by atoms with E-state index in [0.29, 0.717) is 38.0 Å². The molecule has 1 atom stereocenters. The molecule has 8 nitrogen and oxygen atoms in total. The Bertz CT molecular complexity index is 1420. The molecule has 10 heteroatoms. The third kappa shape index (κ3) is 6.82. The first-order valence-corrected chi connectivity index (χ1v) is 14.2. The van der Waals surface area contributed by atoms with Crippen molar-refractivity contribution in [2.24, 2.45) is 5.92 Å². The van der Waals surface area contributed by atoms with Crippen molar-refractivity contribution < 1.29 is 27.9 Å². The van der Waals surface area contributed by atoms with Crippen LogP contribution in [0.25, 0.3) is 0 Å². The van der Waals surface area contributed by atoms with Crippen molar-refractivity contribution in [2.75, 3.05) is 26.7 Å². The zero-order valence-electron chi connectivity index (χ0n) is 23.5. The Balaban J connectivity index is 1.14. The average molecular weight is 577 g/mol. The molecule has 2 aliphatic heterocycles. The summed E-state index contributed by atoms with van der Waals surface area (Å²) in [4.78, 5) is 47.0. The fourth-order valence-corrected chi connectivity index (χ4v) is 5.60. The van der Waals surface area contributed by atoms with Gasteiger partial charge in [-0.2, -0.15) is 0 Å². The van der Waals surface area contributed by atoms with Gasteiger partial charge in [0.1, 0.15) is 11.4 Å². The highest BCUT2D eigenvalue weighted by atomic mass is 19.2. The maximum Gasteiger partial charge on any atom is 0.271 e. The molecule has 220 valence electrons. The number of nitrogens with one attached hydrogen (secondary N) is 1. The standard InChI is InChI=1S/C32H34F2N4O4/c1-42-25-9-5-21(6-10-25)20-38-15-3-2-4-29(38)36-31(40)28-12-8-24(19-35-28)32(41)37-16-13-22(14-17-37)30(39)23-7-11-26(33)27(34)18-23/h5-12,18-19,22,29H,2-4,13-17,20H2,1H3,(H,36,40). The summed E-state index contributed by atoms with van der Waals surface area (Å²) >= 11 is 0. The van der Waals surface area contributed by atoms with E-state index in [1.807, 2.05) is 24.3 Å². The minimum absolute atomic E-state index is 0.119. The number of hydrogen-bond acceptors (Lipinski definition) is 6. The third-order valence-corrected chi connectivity index (χ3v) is 8.06. The number of aromatic nitrogens is 1. The molecule has 0 bridgehead atoms. The normalized spacial score (nSPS) is 18.0. The van der Waals surface area contributed by atoms with Gasteiger partial charge in [0, 0.05) is 43.9 Å². The molecular formula is C32H34F2N4O4. The van der Waals surface area contributed by atoms with Gasteiger partial charge in [0.25, 0.3) is 11.8 Å². The van der Waals surface area contributed by atoms with Crippen LogP contribution in [0, 0.1) is 17.6 Å². The van der Waals surface area contributed by atoms with E-state index < -0.39 is 11.6 Å². The molecule has 0 aliphatic carbocycles. The van der Waals surface area contributed by atoms with Crippen LogP contribution >= 0.6 is 0 Å². The van der Waals surface area contributed by atoms with Crippen molar-refractivity contribution in [3.63, 3.8) is 0 Å². The Morgan fingerprint density at radius 3 is 2.31 bits per heavy atom. The van der Waals surface area contributed by atoms with Crippen molar-refractivity contribution in [2.45, 2.75) is 44.8 Å². The predicted molar refractivity (Wildman–Crippen MR) is 152 cm³/mol. The number of methoxy groups -OCH3 is 1. The summed E-state index contributed by atoms with van der Waals surface area (Å²) in [6.45, 7) is 2.29. The zero-order chi connectivity index (χ0) is 29.6. The molecule has 0 spiro atoms. The first kappa shape index (κ1) is 29.3. The molecule has 3 heterocycles. The van der Waals surface area contributed by atoms with Gasteiger partial charge in [-0.1, -0.05) is 12.1 Å². The minimum Gasteiger partial charge on any atom is -0.497 e. The fraction of sp³-hybridized carbons (Fsp3) is 0.375.